The van der Waals surface area contributed by atoms with Gasteiger partial charge in [0.15, 0.2) is 5.76 Å². The standard InChI is InChI=1S/C23H12Cl4O3/c24-16-5-1-3-14(22(16)26)19-10-8-13(29-19)7-9-18(28)21-12-11-20(30-21)15-4-2-6-17(25)23(15)27/h1-12H. The Bertz CT molecular complexity index is 1270. The Labute approximate surface area is 192 Å². The SMILES string of the molecule is O=C(C=Cc1ccc(-c2cccc(Cl)c2Cl)o1)c1ccc(-c2cccc(Cl)c2Cl)o1. The second-order valence-corrected chi connectivity index (χ2v) is 7.84. The molecule has 0 radical (unpaired) electrons. The highest BCUT2D eigenvalue weighted by Crippen LogP contribution is 2.35. The number of rotatable bonds is 5. The van der Waals surface area contributed by atoms with Crippen LogP contribution in [0.5, 0.6) is 0 Å². The van der Waals surface area contributed by atoms with Crippen molar-refractivity contribution in [2.24, 2.45) is 0 Å². The van der Waals surface area contributed by atoms with Gasteiger partial charge in [0.05, 0.1) is 20.1 Å². The Hall–Kier alpha value is -2.43. The van der Waals surface area contributed by atoms with E-state index in [0.29, 0.717) is 48.5 Å². The van der Waals surface area contributed by atoms with Gasteiger partial charge in [-0.2, -0.15) is 0 Å². The van der Waals surface area contributed by atoms with Crippen molar-refractivity contribution in [2.45, 2.75) is 0 Å². The van der Waals surface area contributed by atoms with Gasteiger partial charge >= 0.3 is 0 Å². The average molecular weight is 478 g/mol. The van der Waals surface area contributed by atoms with Crippen LogP contribution in [0.1, 0.15) is 16.3 Å². The summed E-state index contributed by atoms with van der Waals surface area (Å²) in [4.78, 5) is 12.5. The van der Waals surface area contributed by atoms with Crippen molar-refractivity contribution in [3.63, 3.8) is 0 Å². The summed E-state index contributed by atoms with van der Waals surface area (Å²) in [6.45, 7) is 0. The normalized spacial score (nSPS) is 11.3. The summed E-state index contributed by atoms with van der Waals surface area (Å²) in [6, 6.07) is 17.2. The first kappa shape index (κ1) is 20.8. The Balaban J connectivity index is 1.53. The maximum Gasteiger partial charge on any atom is 0.221 e. The van der Waals surface area contributed by atoms with E-state index < -0.39 is 0 Å². The zero-order valence-corrected chi connectivity index (χ0v) is 18.2. The molecule has 0 aliphatic heterocycles. The lowest BCUT2D eigenvalue weighted by atomic mass is 10.2. The number of carbonyl (C=O) groups is 1. The molecule has 7 heteroatoms. The van der Waals surface area contributed by atoms with Gasteiger partial charge in [-0.15, -0.1) is 0 Å². The largest absolute Gasteiger partial charge is 0.457 e. The highest BCUT2D eigenvalue weighted by atomic mass is 35.5. The van der Waals surface area contributed by atoms with Gasteiger partial charge in [0.1, 0.15) is 17.3 Å². The molecule has 0 N–H and O–H groups in total. The molecule has 0 spiro atoms. The molecule has 0 saturated heterocycles. The lowest BCUT2D eigenvalue weighted by molar-refractivity contribution is 0.102. The number of hydrogen-bond donors (Lipinski definition) is 0. The highest BCUT2D eigenvalue weighted by molar-refractivity contribution is 6.44. The van der Waals surface area contributed by atoms with E-state index in [-0.39, 0.29) is 11.5 Å². The Morgan fingerprint density at radius 3 is 1.90 bits per heavy atom. The predicted octanol–water partition coefficient (Wildman–Crippen LogP) is 8.72. The summed E-state index contributed by atoms with van der Waals surface area (Å²) in [5.41, 5.74) is 1.28. The molecule has 4 aromatic rings. The van der Waals surface area contributed by atoms with E-state index in [1.165, 1.54) is 6.08 Å². The number of hydrogen-bond acceptors (Lipinski definition) is 3. The van der Waals surface area contributed by atoms with Gasteiger partial charge in [0.25, 0.3) is 0 Å². The minimum atomic E-state index is -0.321. The van der Waals surface area contributed by atoms with E-state index in [9.17, 15) is 4.79 Å². The lowest BCUT2D eigenvalue weighted by Gasteiger charge is -2.02. The minimum absolute atomic E-state index is 0.168. The molecule has 0 atom stereocenters. The summed E-state index contributed by atoms with van der Waals surface area (Å²) in [6.07, 6.45) is 2.92. The maximum absolute atomic E-state index is 12.5. The third-order valence-corrected chi connectivity index (χ3v) is 5.95. The van der Waals surface area contributed by atoms with Crippen molar-refractivity contribution in [3.05, 3.63) is 98.4 Å². The molecule has 0 fully saturated rings. The monoisotopic (exact) mass is 476 g/mol. The lowest BCUT2D eigenvalue weighted by Crippen LogP contribution is -1.90. The van der Waals surface area contributed by atoms with Gasteiger partial charge in [-0.1, -0.05) is 58.5 Å². The molecule has 0 saturated carbocycles. The maximum atomic E-state index is 12.5. The van der Waals surface area contributed by atoms with Crippen LogP contribution in [0.4, 0.5) is 0 Å². The zero-order chi connectivity index (χ0) is 21.3. The summed E-state index contributed by atoms with van der Waals surface area (Å²) in [5, 5.41) is 1.62. The topological polar surface area (TPSA) is 43.4 Å². The highest BCUT2D eigenvalue weighted by Gasteiger charge is 2.14. The van der Waals surface area contributed by atoms with Crippen molar-refractivity contribution in [3.8, 4) is 22.6 Å². The number of allylic oxidation sites excluding steroid dienone is 1. The van der Waals surface area contributed by atoms with Crippen molar-refractivity contribution >= 4 is 58.3 Å². The zero-order valence-electron chi connectivity index (χ0n) is 15.2. The molecule has 150 valence electrons. The van der Waals surface area contributed by atoms with Crippen LogP contribution in [0.25, 0.3) is 28.7 Å². The quantitative estimate of drug-likeness (QED) is 0.213. The molecule has 0 aliphatic rings. The van der Waals surface area contributed by atoms with Crippen LogP contribution < -0.4 is 0 Å². The second kappa shape index (κ2) is 8.75. The predicted molar refractivity (Wildman–Crippen MR) is 122 cm³/mol. The molecule has 0 bridgehead atoms. The van der Waals surface area contributed by atoms with Crippen LogP contribution in [0.15, 0.2) is 75.6 Å². The summed E-state index contributed by atoms with van der Waals surface area (Å²) in [7, 11) is 0. The molecule has 2 heterocycles. The third-order valence-electron chi connectivity index (χ3n) is 4.31. The first-order valence-corrected chi connectivity index (χ1v) is 10.3. The second-order valence-electron chi connectivity index (χ2n) is 6.27. The van der Waals surface area contributed by atoms with Crippen molar-refractivity contribution in [1.82, 2.24) is 0 Å². The fraction of sp³-hybridized carbons (Fsp3) is 0. The van der Waals surface area contributed by atoms with Crippen LogP contribution in [-0.2, 0) is 0 Å². The first-order valence-electron chi connectivity index (χ1n) is 8.75. The van der Waals surface area contributed by atoms with Crippen molar-refractivity contribution in [2.75, 3.05) is 0 Å². The molecular weight excluding hydrogens is 466 g/mol. The molecule has 0 aliphatic carbocycles. The van der Waals surface area contributed by atoms with Gasteiger partial charge in [-0.05, 0) is 60.7 Å². The van der Waals surface area contributed by atoms with Crippen LogP contribution in [0, 0.1) is 0 Å². The Morgan fingerprint density at radius 1 is 0.700 bits per heavy atom. The summed E-state index contributed by atoms with van der Waals surface area (Å²) < 4.78 is 11.4. The number of benzene rings is 2. The van der Waals surface area contributed by atoms with Crippen LogP contribution in [-0.4, -0.2) is 5.78 Å². The van der Waals surface area contributed by atoms with E-state index in [4.69, 9.17) is 55.2 Å². The van der Waals surface area contributed by atoms with E-state index in [1.807, 2.05) is 0 Å². The summed E-state index contributed by atoms with van der Waals surface area (Å²) in [5.74, 6) is 1.33. The third kappa shape index (κ3) is 4.21. The number of carbonyl (C=O) groups excluding carboxylic acids is 1. The van der Waals surface area contributed by atoms with Gasteiger partial charge in [0.2, 0.25) is 5.78 Å². The smallest absolute Gasteiger partial charge is 0.221 e. The van der Waals surface area contributed by atoms with E-state index >= 15 is 0 Å². The fourth-order valence-electron chi connectivity index (χ4n) is 2.83. The number of halogens is 4. The van der Waals surface area contributed by atoms with Crippen LogP contribution in [0.3, 0.4) is 0 Å². The fourth-order valence-corrected chi connectivity index (χ4v) is 3.62. The number of furan rings is 2. The number of ketones is 1. The first-order chi connectivity index (χ1) is 14.4. The molecule has 3 nitrogen and oxygen atoms in total. The van der Waals surface area contributed by atoms with Gasteiger partial charge in [-0.25, -0.2) is 0 Å². The molecule has 2 aromatic carbocycles. The molecule has 4 rings (SSSR count). The van der Waals surface area contributed by atoms with E-state index in [2.05, 4.69) is 0 Å². The van der Waals surface area contributed by atoms with Crippen molar-refractivity contribution < 1.29 is 13.6 Å². The van der Waals surface area contributed by atoms with Gasteiger partial charge in [0, 0.05) is 11.1 Å². The molecule has 30 heavy (non-hydrogen) atoms. The molecular formula is C23H12Cl4O3. The van der Waals surface area contributed by atoms with E-state index in [0.717, 1.165) is 0 Å². The average Bonchev–Trinajstić information content (AvgIpc) is 3.40. The van der Waals surface area contributed by atoms with E-state index in [1.54, 1.807) is 66.7 Å². The molecule has 0 amide bonds. The Kier molecular flexibility index (Phi) is 6.07. The summed E-state index contributed by atoms with van der Waals surface area (Å²) >= 11 is 24.5. The van der Waals surface area contributed by atoms with Crippen LogP contribution >= 0.6 is 46.4 Å². The molecule has 0 unspecified atom stereocenters. The minimum Gasteiger partial charge on any atom is -0.457 e. The Morgan fingerprint density at radius 2 is 1.27 bits per heavy atom. The van der Waals surface area contributed by atoms with Crippen molar-refractivity contribution in [1.29, 1.82) is 0 Å². The van der Waals surface area contributed by atoms with Crippen LogP contribution in [0.2, 0.25) is 20.1 Å². The molecule has 2 aromatic heterocycles. The van der Waals surface area contributed by atoms with Gasteiger partial charge < -0.3 is 8.83 Å². The van der Waals surface area contributed by atoms with Gasteiger partial charge in [-0.3, -0.25) is 4.79 Å².